The first-order chi connectivity index (χ1) is 12.7. The molecule has 2 aromatic rings. The molecule has 0 saturated heterocycles. The van der Waals surface area contributed by atoms with Crippen LogP contribution >= 0.6 is 27.3 Å². The Kier molecular flexibility index (Phi) is 7.30. The number of hydrogen-bond acceptors (Lipinski definition) is 7. The third kappa shape index (κ3) is 6.57. The van der Waals surface area contributed by atoms with Gasteiger partial charge in [0, 0.05) is 30.5 Å². The van der Waals surface area contributed by atoms with Crippen LogP contribution < -0.4 is 15.8 Å². The maximum atomic E-state index is 11.8. The van der Waals surface area contributed by atoms with Crippen molar-refractivity contribution in [2.75, 3.05) is 18.4 Å². The molecule has 1 aromatic heterocycles. The Balaban J connectivity index is 1.85. The summed E-state index contributed by atoms with van der Waals surface area (Å²) in [5, 5.41) is 21.7. The molecule has 1 aromatic carbocycles. The van der Waals surface area contributed by atoms with Gasteiger partial charge < -0.3 is 10.6 Å². The highest BCUT2D eigenvalue weighted by Crippen LogP contribution is 2.27. The third-order valence-electron chi connectivity index (χ3n) is 3.48. The number of nitro groups is 1. The topological polar surface area (TPSA) is 144 Å². The number of benzene rings is 1. The molecule has 0 aliphatic rings. The van der Waals surface area contributed by atoms with Crippen LogP contribution in [0.2, 0.25) is 0 Å². The maximum absolute atomic E-state index is 11.8. The van der Waals surface area contributed by atoms with Gasteiger partial charge >= 0.3 is 0 Å². The summed E-state index contributed by atoms with van der Waals surface area (Å²) in [4.78, 5) is 23.1. The van der Waals surface area contributed by atoms with Gasteiger partial charge in [-0.1, -0.05) is 0 Å². The summed E-state index contributed by atoms with van der Waals surface area (Å²) in [6, 6.07) is 7.23. The zero-order chi connectivity index (χ0) is 20.0. The van der Waals surface area contributed by atoms with Crippen LogP contribution in [0, 0.1) is 10.1 Å². The van der Waals surface area contributed by atoms with Crippen molar-refractivity contribution in [1.82, 2.24) is 5.32 Å². The first-order valence-electron chi connectivity index (χ1n) is 7.73. The summed E-state index contributed by atoms with van der Waals surface area (Å²) in [5.74, 6) is -0.193. The molecular weight excluding hydrogens is 460 g/mol. The Bertz CT molecular complexity index is 945. The van der Waals surface area contributed by atoms with Crippen LogP contribution in [0.4, 0.5) is 11.4 Å². The van der Waals surface area contributed by atoms with Gasteiger partial charge in [-0.3, -0.25) is 14.9 Å². The van der Waals surface area contributed by atoms with Crippen LogP contribution in [0.1, 0.15) is 11.3 Å². The number of primary sulfonamides is 1. The molecule has 0 fully saturated rings. The summed E-state index contributed by atoms with van der Waals surface area (Å²) in [7, 11) is -4.04. The van der Waals surface area contributed by atoms with Gasteiger partial charge in [0.15, 0.2) is 0 Å². The van der Waals surface area contributed by atoms with Crippen LogP contribution in [-0.2, 0) is 21.2 Å². The fourth-order valence-electron chi connectivity index (χ4n) is 2.20. The molecule has 1 amide bonds. The van der Waals surface area contributed by atoms with E-state index in [9.17, 15) is 23.3 Å². The Hall–Kier alpha value is -2.02. The van der Waals surface area contributed by atoms with E-state index in [1.807, 2.05) is 12.1 Å². The summed E-state index contributed by atoms with van der Waals surface area (Å²) in [6.07, 6.45) is 0.832. The van der Waals surface area contributed by atoms with Crippen molar-refractivity contribution in [3.63, 3.8) is 0 Å². The lowest BCUT2D eigenvalue weighted by Crippen LogP contribution is -2.27. The van der Waals surface area contributed by atoms with Gasteiger partial charge in [0.25, 0.3) is 5.69 Å². The van der Waals surface area contributed by atoms with E-state index in [1.54, 1.807) is 11.3 Å². The first kappa shape index (κ1) is 21.3. The van der Waals surface area contributed by atoms with E-state index in [0.29, 0.717) is 6.54 Å². The third-order valence-corrected chi connectivity index (χ3v) is 6.08. The molecule has 2 rings (SSSR count). The van der Waals surface area contributed by atoms with Crippen molar-refractivity contribution in [1.29, 1.82) is 0 Å². The molecule has 0 bridgehead atoms. The quantitative estimate of drug-likeness (QED) is 0.373. The average molecular weight is 477 g/mol. The van der Waals surface area contributed by atoms with Crippen molar-refractivity contribution >= 4 is 54.6 Å². The second-order valence-electron chi connectivity index (χ2n) is 5.46. The SMILES string of the molecule is NS(=O)(=O)c1ccc(NCCC(=O)NCCc2ccc(Br)s2)c([N+](=O)[O-])c1. The van der Waals surface area contributed by atoms with Crippen molar-refractivity contribution in [3.05, 3.63) is 49.1 Å². The number of nitrogens with two attached hydrogens (primary N) is 1. The minimum absolute atomic E-state index is 0.113. The van der Waals surface area contributed by atoms with Crippen molar-refractivity contribution in [3.8, 4) is 0 Å². The molecule has 12 heteroatoms. The molecule has 0 radical (unpaired) electrons. The second-order valence-corrected chi connectivity index (χ2v) is 9.57. The van der Waals surface area contributed by atoms with Gasteiger partial charge in [0.05, 0.1) is 13.6 Å². The van der Waals surface area contributed by atoms with Crippen LogP contribution in [0.3, 0.4) is 0 Å². The number of halogens is 1. The minimum Gasteiger partial charge on any atom is -0.379 e. The number of thiophene rings is 1. The Labute approximate surface area is 168 Å². The number of sulfonamides is 1. The summed E-state index contributed by atoms with van der Waals surface area (Å²) < 4.78 is 23.6. The predicted molar refractivity (Wildman–Crippen MR) is 106 cm³/mol. The molecule has 0 unspecified atom stereocenters. The van der Waals surface area contributed by atoms with Crippen LogP contribution in [0.15, 0.2) is 39.0 Å². The predicted octanol–water partition coefficient (Wildman–Crippen LogP) is 2.23. The van der Waals surface area contributed by atoms with E-state index >= 15 is 0 Å². The van der Waals surface area contributed by atoms with Gasteiger partial charge in [-0.05, 0) is 46.6 Å². The van der Waals surface area contributed by atoms with Crippen molar-refractivity contribution in [2.24, 2.45) is 5.14 Å². The molecule has 4 N–H and O–H groups in total. The Morgan fingerprint density at radius 1 is 1.26 bits per heavy atom. The van der Waals surface area contributed by atoms with Crippen LogP contribution in [0.5, 0.6) is 0 Å². The fraction of sp³-hybridized carbons (Fsp3) is 0.267. The van der Waals surface area contributed by atoms with Gasteiger partial charge in [0.2, 0.25) is 15.9 Å². The zero-order valence-corrected chi connectivity index (χ0v) is 17.2. The maximum Gasteiger partial charge on any atom is 0.293 e. The number of anilines is 1. The highest BCUT2D eigenvalue weighted by Gasteiger charge is 2.19. The van der Waals surface area contributed by atoms with E-state index in [1.165, 1.54) is 12.1 Å². The number of carbonyl (C=O) groups excluding carboxylic acids is 1. The number of nitrogens with zero attached hydrogens (tertiary/aromatic N) is 1. The number of nitrogens with one attached hydrogen (secondary N) is 2. The summed E-state index contributed by atoms with van der Waals surface area (Å²) >= 11 is 4.97. The lowest BCUT2D eigenvalue weighted by atomic mass is 10.2. The second kappa shape index (κ2) is 9.26. The molecule has 27 heavy (non-hydrogen) atoms. The molecule has 0 atom stereocenters. The van der Waals surface area contributed by atoms with Crippen LogP contribution in [0.25, 0.3) is 0 Å². The number of rotatable bonds is 9. The standard InChI is InChI=1S/C15H17BrN4O5S2/c16-14-4-1-10(26-14)5-7-19-15(21)6-8-18-12-3-2-11(27(17,24)25)9-13(12)20(22)23/h1-4,9,18H,5-8H2,(H,19,21)(H2,17,24,25). The number of amides is 1. The molecule has 146 valence electrons. The van der Waals surface area contributed by atoms with Gasteiger partial charge in [-0.2, -0.15) is 0 Å². The Morgan fingerprint density at radius 2 is 2.00 bits per heavy atom. The monoisotopic (exact) mass is 476 g/mol. The number of nitro benzene ring substituents is 1. The van der Waals surface area contributed by atoms with Gasteiger partial charge in [0.1, 0.15) is 5.69 Å². The number of carbonyl (C=O) groups is 1. The summed E-state index contributed by atoms with van der Waals surface area (Å²) in [6.45, 7) is 0.654. The highest BCUT2D eigenvalue weighted by atomic mass is 79.9. The smallest absolute Gasteiger partial charge is 0.293 e. The van der Waals surface area contributed by atoms with E-state index in [2.05, 4.69) is 26.6 Å². The van der Waals surface area contributed by atoms with Crippen molar-refractivity contribution in [2.45, 2.75) is 17.7 Å². The fourth-order valence-corrected chi connectivity index (χ4v) is 4.22. The number of hydrogen-bond donors (Lipinski definition) is 3. The summed E-state index contributed by atoms with van der Waals surface area (Å²) in [5.41, 5.74) is -0.311. The molecule has 0 saturated carbocycles. The molecule has 0 aliphatic carbocycles. The highest BCUT2D eigenvalue weighted by molar-refractivity contribution is 9.11. The first-order valence-corrected chi connectivity index (χ1v) is 10.9. The van der Waals surface area contributed by atoms with Crippen LogP contribution in [-0.4, -0.2) is 32.3 Å². The molecular formula is C15H17BrN4O5S2. The molecule has 0 aliphatic heterocycles. The van der Waals surface area contributed by atoms with Gasteiger partial charge in [-0.15, -0.1) is 11.3 Å². The van der Waals surface area contributed by atoms with E-state index in [0.717, 1.165) is 21.2 Å². The lowest BCUT2D eigenvalue weighted by Gasteiger charge is -2.09. The van der Waals surface area contributed by atoms with Crippen molar-refractivity contribution < 1.29 is 18.1 Å². The van der Waals surface area contributed by atoms with E-state index < -0.39 is 20.6 Å². The molecule has 0 spiro atoms. The normalized spacial score (nSPS) is 11.2. The lowest BCUT2D eigenvalue weighted by molar-refractivity contribution is -0.384. The Morgan fingerprint density at radius 3 is 2.59 bits per heavy atom. The largest absolute Gasteiger partial charge is 0.379 e. The average Bonchev–Trinajstić information content (AvgIpc) is 2.99. The molecule has 1 heterocycles. The minimum atomic E-state index is -4.04. The van der Waals surface area contributed by atoms with E-state index in [4.69, 9.17) is 5.14 Å². The van der Waals surface area contributed by atoms with E-state index in [-0.39, 0.29) is 29.5 Å². The zero-order valence-electron chi connectivity index (χ0n) is 14.0. The molecule has 9 nitrogen and oxygen atoms in total. The van der Waals surface area contributed by atoms with Gasteiger partial charge in [-0.25, -0.2) is 13.6 Å².